The molecule has 2 aromatic rings. The van der Waals surface area contributed by atoms with Crippen molar-refractivity contribution in [2.24, 2.45) is 0 Å². The summed E-state index contributed by atoms with van der Waals surface area (Å²) in [5, 5.41) is 0.621. The number of hydrogen-bond acceptors (Lipinski definition) is 2. The lowest BCUT2D eigenvalue weighted by Crippen LogP contribution is -2.19. The van der Waals surface area contributed by atoms with Gasteiger partial charge in [0.15, 0.2) is 0 Å². The van der Waals surface area contributed by atoms with E-state index in [0.717, 1.165) is 16.9 Å². The summed E-state index contributed by atoms with van der Waals surface area (Å²) < 4.78 is 19.4. The zero-order chi connectivity index (χ0) is 14.5. The van der Waals surface area contributed by atoms with E-state index in [2.05, 4.69) is 15.9 Å². The summed E-state index contributed by atoms with van der Waals surface area (Å²) in [5.41, 5.74) is 2.58. The molecular formula is C16H17BrFNO. The summed E-state index contributed by atoms with van der Waals surface area (Å²) in [6.07, 6.45) is 0. The molecule has 0 bridgehead atoms. The zero-order valence-corrected chi connectivity index (χ0v) is 13.2. The molecule has 20 heavy (non-hydrogen) atoms. The molecule has 0 heterocycles. The molecule has 4 heteroatoms. The van der Waals surface area contributed by atoms with E-state index >= 15 is 0 Å². The van der Waals surface area contributed by atoms with Gasteiger partial charge in [0.05, 0.1) is 12.8 Å². The lowest BCUT2D eigenvalue weighted by molar-refractivity contribution is 0.409. The van der Waals surface area contributed by atoms with Gasteiger partial charge in [0.25, 0.3) is 0 Å². The quantitative estimate of drug-likeness (QED) is 0.751. The predicted molar refractivity (Wildman–Crippen MR) is 84.1 cm³/mol. The van der Waals surface area contributed by atoms with Crippen molar-refractivity contribution >= 4 is 21.6 Å². The molecule has 2 nitrogen and oxygen atoms in total. The summed E-state index contributed by atoms with van der Waals surface area (Å²) in [6, 6.07) is 12.9. The highest BCUT2D eigenvalue weighted by molar-refractivity contribution is 9.08. The van der Waals surface area contributed by atoms with E-state index in [-0.39, 0.29) is 5.82 Å². The summed E-state index contributed by atoms with van der Waals surface area (Å²) in [5.74, 6) is 0.607. The van der Waals surface area contributed by atoms with Crippen molar-refractivity contribution in [2.45, 2.75) is 11.9 Å². The number of benzene rings is 2. The van der Waals surface area contributed by atoms with E-state index in [1.807, 2.05) is 42.3 Å². The fourth-order valence-corrected chi connectivity index (χ4v) is 2.72. The Balaban J connectivity index is 2.31. The van der Waals surface area contributed by atoms with Gasteiger partial charge in [-0.05, 0) is 17.7 Å². The molecule has 0 spiro atoms. The Hall–Kier alpha value is -1.55. The van der Waals surface area contributed by atoms with Crippen molar-refractivity contribution in [3.05, 3.63) is 59.4 Å². The Labute approximate surface area is 127 Å². The number of halogens is 2. The maximum atomic E-state index is 14.1. The fourth-order valence-electron chi connectivity index (χ4n) is 2.26. The van der Waals surface area contributed by atoms with Gasteiger partial charge in [-0.15, -0.1) is 0 Å². The van der Waals surface area contributed by atoms with Crippen LogP contribution in [0.5, 0.6) is 5.75 Å². The number of alkyl halides is 1. The topological polar surface area (TPSA) is 12.5 Å². The molecule has 0 atom stereocenters. The lowest BCUT2D eigenvalue weighted by Gasteiger charge is -2.23. The first-order valence-corrected chi connectivity index (χ1v) is 7.46. The Bertz CT molecular complexity index is 588. The minimum absolute atomic E-state index is 0.209. The van der Waals surface area contributed by atoms with Gasteiger partial charge >= 0.3 is 0 Å². The van der Waals surface area contributed by atoms with Gasteiger partial charge in [0.2, 0.25) is 0 Å². The summed E-state index contributed by atoms with van der Waals surface area (Å²) >= 11 is 3.41. The Morgan fingerprint density at radius 1 is 1.10 bits per heavy atom. The van der Waals surface area contributed by atoms with Crippen LogP contribution >= 0.6 is 15.9 Å². The number of rotatable bonds is 5. The standard InChI is InChI=1S/C16H17BrFNO/c1-19(11-13-6-3-4-9-15(13)20-2)16-12(10-17)7-5-8-14(16)18/h3-9H,10-11H2,1-2H3. The van der Waals surface area contributed by atoms with E-state index in [1.54, 1.807) is 13.2 Å². The van der Waals surface area contributed by atoms with Crippen LogP contribution in [-0.4, -0.2) is 14.2 Å². The fraction of sp³-hybridized carbons (Fsp3) is 0.250. The highest BCUT2D eigenvalue weighted by atomic mass is 79.9. The third kappa shape index (κ3) is 3.12. The molecule has 2 aromatic carbocycles. The van der Waals surface area contributed by atoms with Crippen LogP contribution in [0.1, 0.15) is 11.1 Å². The summed E-state index contributed by atoms with van der Waals surface area (Å²) in [4.78, 5) is 1.91. The molecule has 0 aliphatic carbocycles. The van der Waals surface area contributed by atoms with Crippen LogP contribution in [0.25, 0.3) is 0 Å². The van der Waals surface area contributed by atoms with E-state index < -0.39 is 0 Å². The molecule has 0 aromatic heterocycles. The van der Waals surface area contributed by atoms with Gasteiger partial charge in [-0.2, -0.15) is 0 Å². The highest BCUT2D eigenvalue weighted by Crippen LogP contribution is 2.28. The molecular weight excluding hydrogens is 321 g/mol. The van der Waals surface area contributed by atoms with Gasteiger partial charge in [0, 0.05) is 24.5 Å². The Kier molecular flexibility index (Phi) is 5.01. The second-order valence-corrected chi connectivity index (χ2v) is 5.11. The van der Waals surface area contributed by atoms with Gasteiger partial charge in [-0.1, -0.05) is 46.3 Å². The molecule has 0 N–H and O–H groups in total. The van der Waals surface area contributed by atoms with Crippen molar-refractivity contribution in [3.63, 3.8) is 0 Å². The molecule has 0 radical (unpaired) electrons. The van der Waals surface area contributed by atoms with Crippen molar-refractivity contribution < 1.29 is 9.13 Å². The van der Waals surface area contributed by atoms with Crippen LogP contribution in [0.2, 0.25) is 0 Å². The van der Waals surface area contributed by atoms with Crippen molar-refractivity contribution in [1.29, 1.82) is 0 Å². The second-order valence-electron chi connectivity index (χ2n) is 4.55. The van der Waals surface area contributed by atoms with Crippen LogP contribution in [0.3, 0.4) is 0 Å². The van der Waals surface area contributed by atoms with Gasteiger partial charge in [0.1, 0.15) is 11.6 Å². The maximum absolute atomic E-state index is 14.1. The van der Waals surface area contributed by atoms with Crippen LogP contribution in [0.4, 0.5) is 10.1 Å². The number of nitrogens with zero attached hydrogens (tertiary/aromatic N) is 1. The molecule has 2 rings (SSSR count). The van der Waals surface area contributed by atoms with Crippen molar-refractivity contribution in [1.82, 2.24) is 0 Å². The number of para-hydroxylation sites is 2. The molecule has 0 saturated carbocycles. The molecule has 0 unspecified atom stereocenters. The van der Waals surface area contributed by atoms with E-state index in [9.17, 15) is 4.39 Å². The minimum atomic E-state index is -0.209. The van der Waals surface area contributed by atoms with Crippen LogP contribution in [0, 0.1) is 5.82 Å². The first-order valence-electron chi connectivity index (χ1n) is 6.33. The molecule has 0 aliphatic rings. The molecule has 0 aliphatic heterocycles. The second kappa shape index (κ2) is 6.75. The maximum Gasteiger partial charge on any atom is 0.146 e. The van der Waals surface area contributed by atoms with Gasteiger partial charge < -0.3 is 9.64 Å². The van der Waals surface area contributed by atoms with Crippen LogP contribution in [0.15, 0.2) is 42.5 Å². The van der Waals surface area contributed by atoms with Gasteiger partial charge in [-0.25, -0.2) is 4.39 Å². The number of ether oxygens (including phenoxy) is 1. The minimum Gasteiger partial charge on any atom is -0.496 e. The first-order chi connectivity index (χ1) is 9.67. The molecule has 0 amide bonds. The van der Waals surface area contributed by atoms with Crippen molar-refractivity contribution in [2.75, 3.05) is 19.1 Å². The van der Waals surface area contributed by atoms with Crippen molar-refractivity contribution in [3.8, 4) is 5.75 Å². The van der Waals surface area contributed by atoms with E-state index in [4.69, 9.17) is 4.74 Å². The monoisotopic (exact) mass is 337 g/mol. The Morgan fingerprint density at radius 3 is 2.50 bits per heavy atom. The third-order valence-electron chi connectivity index (χ3n) is 3.20. The summed E-state index contributed by atoms with van der Waals surface area (Å²) in [6.45, 7) is 0.588. The van der Waals surface area contributed by atoms with Crippen LogP contribution in [-0.2, 0) is 11.9 Å². The number of hydrogen-bond donors (Lipinski definition) is 0. The lowest BCUT2D eigenvalue weighted by atomic mass is 10.1. The smallest absolute Gasteiger partial charge is 0.146 e. The number of anilines is 1. The average molecular weight is 338 g/mol. The normalized spacial score (nSPS) is 10.4. The largest absolute Gasteiger partial charge is 0.496 e. The average Bonchev–Trinajstić information content (AvgIpc) is 2.47. The van der Waals surface area contributed by atoms with E-state index in [0.29, 0.717) is 17.6 Å². The Morgan fingerprint density at radius 2 is 1.80 bits per heavy atom. The van der Waals surface area contributed by atoms with Crippen LogP contribution < -0.4 is 9.64 Å². The molecule has 106 valence electrons. The summed E-state index contributed by atoms with van der Waals surface area (Å²) in [7, 11) is 3.53. The third-order valence-corrected chi connectivity index (χ3v) is 3.80. The number of methoxy groups -OCH3 is 1. The molecule has 0 saturated heterocycles. The molecule has 0 fully saturated rings. The zero-order valence-electron chi connectivity index (χ0n) is 11.6. The highest BCUT2D eigenvalue weighted by Gasteiger charge is 2.14. The van der Waals surface area contributed by atoms with Gasteiger partial charge in [-0.3, -0.25) is 0 Å². The van der Waals surface area contributed by atoms with E-state index in [1.165, 1.54) is 6.07 Å². The predicted octanol–water partition coefficient (Wildman–Crippen LogP) is 4.37. The SMILES string of the molecule is COc1ccccc1CN(C)c1c(F)cccc1CBr. The first kappa shape index (κ1) is 14.9.